The molecule has 1 N–H and O–H groups in total. The van der Waals surface area contributed by atoms with Crippen molar-refractivity contribution in [2.24, 2.45) is 5.92 Å². The first-order valence-corrected chi connectivity index (χ1v) is 11.3. The summed E-state index contributed by atoms with van der Waals surface area (Å²) in [5.74, 6) is -0.643. The molecule has 1 saturated heterocycles. The maximum Gasteiger partial charge on any atom is 0.416 e. The number of aromatic nitrogens is 1. The van der Waals surface area contributed by atoms with Crippen molar-refractivity contribution in [2.75, 3.05) is 18.4 Å². The Balaban J connectivity index is 1.46. The summed E-state index contributed by atoms with van der Waals surface area (Å²) in [7, 11) is 0. The molecular weight excluding hydrogens is 451 g/mol. The highest BCUT2D eigenvalue weighted by Gasteiger charge is 2.32. The lowest BCUT2D eigenvalue weighted by Crippen LogP contribution is -2.43. The molecule has 2 heterocycles. The van der Waals surface area contributed by atoms with Gasteiger partial charge in [-0.25, -0.2) is 4.98 Å². The van der Waals surface area contributed by atoms with Gasteiger partial charge < -0.3 is 10.2 Å². The van der Waals surface area contributed by atoms with Gasteiger partial charge in [0.05, 0.1) is 17.2 Å². The summed E-state index contributed by atoms with van der Waals surface area (Å²) in [5.41, 5.74) is 1.03. The van der Waals surface area contributed by atoms with Crippen molar-refractivity contribution in [2.45, 2.75) is 25.9 Å². The number of benzene rings is 2. The van der Waals surface area contributed by atoms with Gasteiger partial charge in [-0.05, 0) is 44.0 Å². The van der Waals surface area contributed by atoms with Crippen LogP contribution in [0.2, 0.25) is 0 Å². The van der Waals surface area contributed by atoms with Crippen molar-refractivity contribution in [3.8, 4) is 10.6 Å². The Bertz CT molecular complexity index is 1140. The Morgan fingerprint density at radius 2 is 1.79 bits per heavy atom. The molecule has 1 aliphatic heterocycles. The number of likely N-dealkylation sites (tertiary alicyclic amines) is 1. The molecule has 9 heteroatoms. The predicted molar refractivity (Wildman–Crippen MR) is 121 cm³/mol. The first kappa shape index (κ1) is 23.0. The van der Waals surface area contributed by atoms with Gasteiger partial charge in [0.2, 0.25) is 5.91 Å². The van der Waals surface area contributed by atoms with E-state index in [1.54, 1.807) is 11.8 Å². The highest BCUT2D eigenvalue weighted by Crippen LogP contribution is 2.33. The first-order chi connectivity index (χ1) is 15.7. The topological polar surface area (TPSA) is 62.3 Å². The van der Waals surface area contributed by atoms with E-state index in [9.17, 15) is 22.8 Å². The zero-order chi connectivity index (χ0) is 23.6. The van der Waals surface area contributed by atoms with Gasteiger partial charge >= 0.3 is 6.18 Å². The zero-order valence-corrected chi connectivity index (χ0v) is 18.7. The number of halogens is 3. The molecule has 1 aliphatic rings. The van der Waals surface area contributed by atoms with Gasteiger partial charge in [0.25, 0.3) is 5.91 Å². The van der Waals surface area contributed by atoms with E-state index in [1.807, 2.05) is 30.3 Å². The number of para-hydroxylation sites is 1. The number of carbonyl (C=O) groups is 2. The molecule has 2 amide bonds. The molecule has 33 heavy (non-hydrogen) atoms. The Morgan fingerprint density at radius 1 is 1.09 bits per heavy atom. The van der Waals surface area contributed by atoms with E-state index in [4.69, 9.17) is 0 Å². The van der Waals surface area contributed by atoms with Gasteiger partial charge in [0, 0.05) is 24.3 Å². The lowest BCUT2D eigenvalue weighted by molar-refractivity contribution is -0.137. The largest absolute Gasteiger partial charge is 0.416 e. The molecule has 4 rings (SSSR count). The fourth-order valence-corrected chi connectivity index (χ4v) is 4.84. The minimum absolute atomic E-state index is 0.120. The van der Waals surface area contributed by atoms with E-state index in [0.29, 0.717) is 52.8 Å². The normalized spacial score (nSPS) is 16.5. The van der Waals surface area contributed by atoms with Crippen LogP contribution >= 0.6 is 11.3 Å². The molecule has 1 unspecified atom stereocenters. The van der Waals surface area contributed by atoms with Crippen molar-refractivity contribution in [1.29, 1.82) is 0 Å². The minimum atomic E-state index is -4.41. The quantitative estimate of drug-likeness (QED) is 0.534. The second-order valence-electron chi connectivity index (χ2n) is 7.95. The molecule has 172 valence electrons. The number of nitrogens with one attached hydrogen (secondary N) is 1. The Labute approximate surface area is 193 Å². The summed E-state index contributed by atoms with van der Waals surface area (Å²) in [6, 6.07) is 13.9. The fraction of sp³-hybridized carbons (Fsp3) is 0.292. The van der Waals surface area contributed by atoms with Gasteiger partial charge in [-0.1, -0.05) is 30.3 Å². The van der Waals surface area contributed by atoms with Crippen LogP contribution in [0, 0.1) is 12.8 Å². The SMILES string of the molecule is Cc1nc(-c2ccc(C(F)(F)F)cc2)sc1C(=O)N1CCCC(C(=O)Nc2ccccc2)C1. The van der Waals surface area contributed by atoms with E-state index < -0.39 is 11.7 Å². The Kier molecular flexibility index (Phi) is 6.51. The predicted octanol–water partition coefficient (Wildman–Crippen LogP) is 5.63. The number of alkyl halides is 3. The van der Waals surface area contributed by atoms with Crippen LogP contribution in [0.25, 0.3) is 10.6 Å². The zero-order valence-electron chi connectivity index (χ0n) is 17.9. The van der Waals surface area contributed by atoms with Crippen molar-refractivity contribution in [3.05, 3.63) is 70.7 Å². The second-order valence-corrected chi connectivity index (χ2v) is 8.95. The van der Waals surface area contributed by atoms with E-state index >= 15 is 0 Å². The maximum absolute atomic E-state index is 13.2. The van der Waals surface area contributed by atoms with Gasteiger partial charge in [-0.15, -0.1) is 11.3 Å². The summed E-state index contributed by atoms with van der Waals surface area (Å²) in [6.45, 7) is 2.56. The standard InChI is InChI=1S/C24H22F3N3O2S/c1-15-20(33-22(28-15)16-9-11-18(12-10-16)24(25,26)27)23(32)30-13-5-6-17(14-30)21(31)29-19-7-3-2-4-8-19/h2-4,7-12,17H,5-6,13-14H2,1H3,(H,29,31). The van der Waals surface area contributed by atoms with Gasteiger partial charge in [0.15, 0.2) is 0 Å². The molecule has 0 bridgehead atoms. The van der Waals surface area contributed by atoms with Crippen LogP contribution in [0.5, 0.6) is 0 Å². The molecule has 0 radical (unpaired) electrons. The van der Waals surface area contributed by atoms with Gasteiger partial charge in [-0.3, -0.25) is 9.59 Å². The molecule has 1 fully saturated rings. The molecule has 0 aliphatic carbocycles. The van der Waals surface area contributed by atoms with Gasteiger partial charge in [-0.2, -0.15) is 13.2 Å². The van der Waals surface area contributed by atoms with E-state index in [-0.39, 0.29) is 17.7 Å². The average molecular weight is 474 g/mol. The number of hydrogen-bond donors (Lipinski definition) is 1. The van der Waals surface area contributed by atoms with Crippen LogP contribution in [0.3, 0.4) is 0 Å². The summed E-state index contributed by atoms with van der Waals surface area (Å²) in [6.07, 6.45) is -3.00. The van der Waals surface area contributed by atoms with Crippen molar-refractivity contribution in [3.63, 3.8) is 0 Å². The van der Waals surface area contributed by atoms with Crippen LogP contribution in [-0.2, 0) is 11.0 Å². The highest BCUT2D eigenvalue weighted by atomic mass is 32.1. The Morgan fingerprint density at radius 3 is 2.45 bits per heavy atom. The molecule has 0 saturated carbocycles. The number of rotatable bonds is 4. The third kappa shape index (κ3) is 5.24. The molecule has 0 spiro atoms. The highest BCUT2D eigenvalue weighted by molar-refractivity contribution is 7.17. The molecule has 1 aromatic heterocycles. The van der Waals surface area contributed by atoms with Crippen LogP contribution in [0.1, 0.15) is 33.8 Å². The minimum Gasteiger partial charge on any atom is -0.337 e. The van der Waals surface area contributed by atoms with E-state index in [0.717, 1.165) is 23.5 Å². The number of amides is 2. The van der Waals surface area contributed by atoms with E-state index in [1.165, 1.54) is 12.1 Å². The smallest absolute Gasteiger partial charge is 0.337 e. The lowest BCUT2D eigenvalue weighted by Gasteiger charge is -2.31. The number of anilines is 1. The molecule has 1 atom stereocenters. The van der Waals surface area contributed by atoms with Crippen molar-refractivity contribution >= 4 is 28.8 Å². The van der Waals surface area contributed by atoms with Crippen LogP contribution in [0.4, 0.5) is 18.9 Å². The fourth-order valence-electron chi connectivity index (χ4n) is 3.81. The number of thiazole rings is 1. The molecular formula is C24H22F3N3O2S. The number of hydrogen-bond acceptors (Lipinski definition) is 4. The molecule has 5 nitrogen and oxygen atoms in total. The van der Waals surface area contributed by atoms with Crippen LogP contribution < -0.4 is 5.32 Å². The van der Waals surface area contributed by atoms with Gasteiger partial charge in [0.1, 0.15) is 9.88 Å². The monoisotopic (exact) mass is 473 g/mol. The third-order valence-electron chi connectivity index (χ3n) is 5.57. The number of piperidine rings is 1. The second kappa shape index (κ2) is 9.35. The molecule has 3 aromatic rings. The summed E-state index contributed by atoms with van der Waals surface area (Å²) < 4.78 is 38.5. The molecule has 2 aromatic carbocycles. The summed E-state index contributed by atoms with van der Waals surface area (Å²) >= 11 is 1.16. The summed E-state index contributed by atoms with van der Waals surface area (Å²) in [5, 5.41) is 3.38. The number of carbonyl (C=O) groups excluding carboxylic acids is 2. The van der Waals surface area contributed by atoms with Crippen LogP contribution in [0.15, 0.2) is 54.6 Å². The Hall–Kier alpha value is -3.20. The number of nitrogens with zero attached hydrogens (tertiary/aromatic N) is 2. The lowest BCUT2D eigenvalue weighted by atomic mass is 9.96. The first-order valence-electron chi connectivity index (χ1n) is 10.5. The average Bonchev–Trinajstić information content (AvgIpc) is 3.20. The van der Waals surface area contributed by atoms with Crippen LogP contribution in [-0.4, -0.2) is 34.8 Å². The maximum atomic E-state index is 13.2. The number of aryl methyl sites for hydroxylation is 1. The van der Waals surface area contributed by atoms with Crippen molar-refractivity contribution < 1.29 is 22.8 Å². The van der Waals surface area contributed by atoms with Crippen molar-refractivity contribution in [1.82, 2.24) is 9.88 Å². The van der Waals surface area contributed by atoms with E-state index in [2.05, 4.69) is 10.3 Å². The third-order valence-corrected chi connectivity index (χ3v) is 6.77. The summed E-state index contributed by atoms with van der Waals surface area (Å²) in [4.78, 5) is 32.4.